The predicted octanol–water partition coefficient (Wildman–Crippen LogP) is 5.22. The number of hydrogen-bond acceptors (Lipinski definition) is 5. The van der Waals surface area contributed by atoms with E-state index in [-0.39, 0.29) is 59.7 Å². The standard InChI is InChI=1S/C20H8Cl2O5/c21-8-3-1-5-11-14(8)19(25)17-13(26-11)7-10(23)16-18(24)15-9(22)4-2-6-12(15)27-20(16)17/h1-7,23H. The molecule has 0 unspecified atom stereocenters. The quantitative estimate of drug-likeness (QED) is 0.285. The van der Waals surface area contributed by atoms with Crippen molar-refractivity contribution >= 4 is 67.1 Å². The zero-order chi connectivity index (χ0) is 18.9. The summed E-state index contributed by atoms with van der Waals surface area (Å²) in [7, 11) is 0. The van der Waals surface area contributed by atoms with Gasteiger partial charge in [-0.05, 0) is 24.3 Å². The van der Waals surface area contributed by atoms with Gasteiger partial charge < -0.3 is 13.9 Å². The fourth-order valence-electron chi connectivity index (χ4n) is 3.34. The van der Waals surface area contributed by atoms with Gasteiger partial charge in [-0.25, -0.2) is 0 Å². The van der Waals surface area contributed by atoms with E-state index in [1.165, 1.54) is 6.07 Å². The lowest BCUT2D eigenvalue weighted by molar-refractivity contribution is 0.479. The Morgan fingerprint density at radius 3 is 1.89 bits per heavy atom. The zero-order valence-electron chi connectivity index (χ0n) is 13.4. The molecule has 2 aromatic heterocycles. The highest BCUT2D eigenvalue weighted by atomic mass is 35.5. The van der Waals surface area contributed by atoms with Gasteiger partial charge >= 0.3 is 0 Å². The lowest BCUT2D eigenvalue weighted by Crippen LogP contribution is -2.08. The highest BCUT2D eigenvalue weighted by molar-refractivity contribution is 6.36. The Morgan fingerprint density at radius 1 is 0.704 bits per heavy atom. The van der Waals surface area contributed by atoms with Gasteiger partial charge in [0.05, 0.1) is 20.8 Å². The number of hydrogen-bond donors (Lipinski definition) is 1. The molecule has 5 rings (SSSR count). The van der Waals surface area contributed by atoms with Crippen molar-refractivity contribution in [1.82, 2.24) is 0 Å². The van der Waals surface area contributed by atoms with Crippen molar-refractivity contribution in [2.75, 3.05) is 0 Å². The molecule has 3 aromatic carbocycles. The maximum absolute atomic E-state index is 13.1. The molecule has 0 amide bonds. The molecule has 132 valence electrons. The van der Waals surface area contributed by atoms with E-state index in [0.29, 0.717) is 0 Å². The minimum absolute atomic E-state index is 0.0300. The third-order valence-electron chi connectivity index (χ3n) is 4.52. The predicted molar refractivity (Wildman–Crippen MR) is 105 cm³/mol. The van der Waals surface area contributed by atoms with Gasteiger partial charge in [-0.2, -0.15) is 0 Å². The van der Waals surface area contributed by atoms with Gasteiger partial charge in [0.15, 0.2) is 5.58 Å². The summed E-state index contributed by atoms with van der Waals surface area (Å²) in [5.41, 5.74) is -0.499. The molecule has 1 N–H and O–H groups in total. The van der Waals surface area contributed by atoms with E-state index in [1.54, 1.807) is 36.4 Å². The second-order valence-electron chi connectivity index (χ2n) is 6.06. The van der Waals surface area contributed by atoms with Crippen LogP contribution in [-0.4, -0.2) is 5.11 Å². The molecule has 0 spiro atoms. The maximum atomic E-state index is 13.1. The van der Waals surface area contributed by atoms with E-state index in [0.717, 1.165) is 0 Å². The fourth-order valence-corrected chi connectivity index (χ4v) is 3.84. The molecular formula is C20H8Cl2O5. The summed E-state index contributed by atoms with van der Waals surface area (Å²) in [6.07, 6.45) is 0. The first-order chi connectivity index (χ1) is 13.0. The number of phenols is 1. The lowest BCUT2D eigenvalue weighted by Gasteiger charge is -2.08. The zero-order valence-corrected chi connectivity index (χ0v) is 14.9. The van der Waals surface area contributed by atoms with E-state index < -0.39 is 10.9 Å². The van der Waals surface area contributed by atoms with Gasteiger partial charge in [-0.15, -0.1) is 0 Å². The minimum Gasteiger partial charge on any atom is -0.507 e. The molecule has 0 fully saturated rings. The summed E-state index contributed by atoms with van der Waals surface area (Å²) in [5, 5.41) is 11.0. The van der Waals surface area contributed by atoms with Crippen molar-refractivity contribution in [2.24, 2.45) is 0 Å². The third-order valence-corrected chi connectivity index (χ3v) is 5.15. The molecule has 7 heteroatoms. The molecule has 5 nitrogen and oxygen atoms in total. The van der Waals surface area contributed by atoms with Crippen LogP contribution in [0, 0.1) is 0 Å². The van der Waals surface area contributed by atoms with Crippen LogP contribution in [0.2, 0.25) is 10.0 Å². The average Bonchev–Trinajstić information content (AvgIpc) is 2.61. The van der Waals surface area contributed by atoms with Crippen molar-refractivity contribution in [3.05, 3.63) is 73.0 Å². The second kappa shape index (κ2) is 5.49. The molecule has 0 atom stereocenters. The van der Waals surface area contributed by atoms with Crippen molar-refractivity contribution in [3.8, 4) is 5.75 Å². The van der Waals surface area contributed by atoms with Gasteiger partial charge in [0.2, 0.25) is 10.9 Å². The molecule has 27 heavy (non-hydrogen) atoms. The first-order valence-electron chi connectivity index (χ1n) is 7.89. The Labute approximate surface area is 159 Å². The summed E-state index contributed by atoms with van der Waals surface area (Å²) in [6.45, 7) is 0. The third kappa shape index (κ3) is 2.13. The van der Waals surface area contributed by atoms with Crippen LogP contribution in [0.5, 0.6) is 5.75 Å². The summed E-state index contributed by atoms with van der Waals surface area (Å²) in [4.78, 5) is 26.1. The maximum Gasteiger partial charge on any atom is 0.205 e. The van der Waals surface area contributed by atoms with Gasteiger partial charge in [0.1, 0.15) is 33.3 Å². The molecule has 0 aliphatic rings. The Kier molecular flexibility index (Phi) is 3.29. The first kappa shape index (κ1) is 16.2. The summed E-state index contributed by atoms with van der Waals surface area (Å²) in [6, 6.07) is 10.8. The summed E-state index contributed by atoms with van der Waals surface area (Å²) < 4.78 is 11.6. The van der Waals surface area contributed by atoms with E-state index in [9.17, 15) is 14.7 Å². The summed E-state index contributed by atoms with van der Waals surface area (Å²) in [5.74, 6) is -0.363. The van der Waals surface area contributed by atoms with Crippen molar-refractivity contribution in [2.45, 2.75) is 0 Å². The van der Waals surface area contributed by atoms with Crippen molar-refractivity contribution < 1.29 is 13.9 Å². The number of aromatic hydroxyl groups is 1. The fraction of sp³-hybridized carbons (Fsp3) is 0. The van der Waals surface area contributed by atoms with Gasteiger partial charge in [0.25, 0.3) is 0 Å². The van der Waals surface area contributed by atoms with Crippen LogP contribution in [-0.2, 0) is 0 Å². The molecule has 0 saturated carbocycles. The van der Waals surface area contributed by atoms with Crippen LogP contribution in [0.3, 0.4) is 0 Å². The Morgan fingerprint density at radius 2 is 1.26 bits per heavy atom. The molecule has 0 bridgehead atoms. The summed E-state index contributed by atoms with van der Waals surface area (Å²) >= 11 is 12.3. The number of phenolic OH excluding ortho intramolecular Hbond substituents is 1. The van der Waals surface area contributed by atoms with Crippen molar-refractivity contribution in [3.63, 3.8) is 0 Å². The van der Waals surface area contributed by atoms with E-state index in [4.69, 9.17) is 32.0 Å². The smallest absolute Gasteiger partial charge is 0.205 e. The van der Waals surface area contributed by atoms with Crippen LogP contribution < -0.4 is 10.9 Å². The van der Waals surface area contributed by atoms with E-state index >= 15 is 0 Å². The molecule has 2 heterocycles. The Hall–Kier alpha value is -3.02. The molecule has 0 saturated heterocycles. The van der Waals surface area contributed by atoms with Crippen molar-refractivity contribution in [1.29, 1.82) is 0 Å². The average molecular weight is 399 g/mol. The highest BCUT2D eigenvalue weighted by Crippen LogP contribution is 2.35. The van der Waals surface area contributed by atoms with Gasteiger partial charge in [-0.3, -0.25) is 9.59 Å². The molecule has 0 aliphatic heterocycles. The Bertz CT molecular complexity index is 1550. The molecular weight excluding hydrogens is 391 g/mol. The lowest BCUT2D eigenvalue weighted by atomic mass is 10.1. The molecule has 0 radical (unpaired) electrons. The Balaban J connectivity index is 2.16. The topological polar surface area (TPSA) is 80.7 Å². The minimum atomic E-state index is -0.532. The number of halogens is 2. The first-order valence-corrected chi connectivity index (χ1v) is 8.65. The molecule has 5 aromatic rings. The van der Waals surface area contributed by atoms with Gasteiger partial charge in [0, 0.05) is 6.07 Å². The SMILES string of the molecule is O=c1c2c(Cl)cccc2oc2c1c(O)cc1oc3cccc(Cl)c3c(=O)c12. The normalized spacial score (nSPS) is 11.8. The highest BCUT2D eigenvalue weighted by Gasteiger charge is 2.21. The van der Waals surface area contributed by atoms with Crippen LogP contribution >= 0.6 is 23.2 Å². The van der Waals surface area contributed by atoms with Crippen LogP contribution in [0.15, 0.2) is 60.9 Å². The van der Waals surface area contributed by atoms with E-state index in [1.807, 2.05) is 0 Å². The monoisotopic (exact) mass is 398 g/mol. The largest absolute Gasteiger partial charge is 0.507 e. The van der Waals surface area contributed by atoms with Crippen LogP contribution in [0.1, 0.15) is 0 Å². The second-order valence-corrected chi connectivity index (χ2v) is 6.88. The number of benzene rings is 3. The molecule has 0 aliphatic carbocycles. The van der Waals surface area contributed by atoms with Gasteiger partial charge in [-0.1, -0.05) is 35.3 Å². The van der Waals surface area contributed by atoms with E-state index in [2.05, 4.69) is 0 Å². The number of rotatable bonds is 0. The number of fused-ring (bicyclic) bond motifs is 5. The van der Waals surface area contributed by atoms with Crippen LogP contribution in [0.4, 0.5) is 0 Å². The van der Waals surface area contributed by atoms with Crippen LogP contribution in [0.25, 0.3) is 43.9 Å².